The van der Waals surface area contributed by atoms with E-state index in [0.717, 1.165) is 55.8 Å². The van der Waals surface area contributed by atoms with Gasteiger partial charge < -0.3 is 13.9 Å². The molecule has 276 valence electrons. The van der Waals surface area contributed by atoms with E-state index >= 15 is 0 Å². The van der Waals surface area contributed by atoms with Gasteiger partial charge in [-0.2, -0.15) is 0 Å². The third-order valence-corrected chi connectivity index (χ3v) is 11.9. The van der Waals surface area contributed by atoms with Gasteiger partial charge in [-0.1, -0.05) is 140 Å². The Labute approximate surface area is 341 Å². The van der Waals surface area contributed by atoms with E-state index in [9.17, 15) is 0 Å². The number of furan rings is 1. The molecule has 3 nitrogen and oxygen atoms in total. The van der Waals surface area contributed by atoms with Crippen molar-refractivity contribution >= 4 is 71.6 Å². The predicted molar refractivity (Wildman–Crippen MR) is 248 cm³/mol. The number of rotatable bonds is 7. The second-order valence-corrected chi connectivity index (χ2v) is 15.4. The summed E-state index contributed by atoms with van der Waals surface area (Å²) in [5.41, 5.74) is 15.6. The molecule has 0 amide bonds. The van der Waals surface area contributed by atoms with Gasteiger partial charge in [0, 0.05) is 44.3 Å². The lowest BCUT2D eigenvalue weighted by Crippen LogP contribution is -2.09. The predicted octanol–water partition coefficient (Wildman–Crippen LogP) is 15.7. The SMILES string of the molecule is c1ccc(-c2ccc(N(c3ccc(-c4ccccc4)cc3)c3ccc4oc5ccc(-c6cccc(-n7c8cccc9ccc%10cccc7c%10c98)c6)cc5c4c3)cc2)cc1. The minimum atomic E-state index is 0.865. The second-order valence-electron chi connectivity index (χ2n) is 15.4. The largest absolute Gasteiger partial charge is 0.456 e. The van der Waals surface area contributed by atoms with E-state index in [1.54, 1.807) is 0 Å². The lowest BCUT2D eigenvalue weighted by molar-refractivity contribution is 0.669. The molecule has 0 bridgehead atoms. The van der Waals surface area contributed by atoms with Gasteiger partial charge >= 0.3 is 0 Å². The van der Waals surface area contributed by atoms with E-state index in [0.29, 0.717) is 0 Å². The van der Waals surface area contributed by atoms with E-state index in [1.807, 2.05) is 0 Å². The number of aromatic nitrogens is 1. The topological polar surface area (TPSA) is 21.3 Å². The van der Waals surface area contributed by atoms with Crippen molar-refractivity contribution in [1.82, 2.24) is 4.57 Å². The first kappa shape index (κ1) is 33.3. The fourth-order valence-electron chi connectivity index (χ4n) is 9.12. The van der Waals surface area contributed by atoms with Gasteiger partial charge in [-0.05, 0) is 123 Å². The van der Waals surface area contributed by atoms with Crippen molar-refractivity contribution in [3.63, 3.8) is 0 Å². The molecule has 0 N–H and O–H groups in total. The minimum absolute atomic E-state index is 0.865. The van der Waals surface area contributed by atoms with Crippen molar-refractivity contribution in [3.8, 4) is 39.1 Å². The quantitative estimate of drug-likeness (QED) is 0.151. The molecule has 2 heterocycles. The molecular formula is C56H36N2O. The highest BCUT2D eigenvalue weighted by Crippen LogP contribution is 2.42. The van der Waals surface area contributed by atoms with Crippen LogP contribution in [0.2, 0.25) is 0 Å². The molecule has 0 fully saturated rings. The van der Waals surface area contributed by atoms with Crippen molar-refractivity contribution in [1.29, 1.82) is 0 Å². The Morgan fingerprint density at radius 2 is 0.780 bits per heavy atom. The van der Waals surface area contributed by atoms with Crippen LogP contribution in [-0.4, -0.2) is 4.57 Å². The monoisotopic (exact) mass is 752 g/mol. The van der Waals surface area contributed by atoms with Crippen molar-refractivity contribution in [2.45, 2.75) is 0 Å². The number of anilines is 3. The van der Waals surface area contributed by atoms with E-state index in [2.05, 4.69) is 228 Å². The first-order valence-electron chi connectivity index (χ1n) is 20.2. The van der Waals surface area contributed by atoms with Crippen LogP contribution in [0.5, 0.6) is 0 Å². The Morgan fingerprint density at radius 1 is 0.322 bits per heavy atom. The molecule has 12 aromatic rings. The van der Waals surface area contributed by atoms with Gasteiger partial charge in [0.2, 0.25) is 0 Å². The summed E-state index contributed by atoms with van der Waals surface area (Å²) < 4.78 is 8.91. The second kappa shape index (κ2) is 13.4. The lowest BCUT2D eigenvalue weighted by atomic mass is 10.0. The average molecular weight is 753 g/mol. The van der Waals surface area contributed by atoms with Gasteiger partial charge in [-0.3, -0.25) is 0 Å². The highest BCUT2D eigenvalue weighted by molar-refractivity contribution is 6.24. The number of hydrogen-bond acceptors (Lipinski definition) is 2. The van der Waals surface area contributed by atoms with Crippen molar-refractivity contribution in [2.24, 2.45) is 0 Å². The summed E-state index contributed by atoms with van der Waals surface area (Å²) in [6.07, 6.45) is 0. The maximum absolute atomic E-state index is 6.50. The van der Waals surface area contributed by atoms with Crippen LogP contribution < -0.4 is 4.90 Å². The summed E-state index contributed by atoms with van der Waals surface area (Å²) in [4.78, 5) is 2.34. The van der Waals surface area contributed by atoms with Crippen LogP contribution in [0, 0.1) is 0 Å². The van der Waals surface area contributed by atoms with Crippen LogP contribution in [0.4, 0.5) is 17.1 Å². The third-order valence-electron chi connectivity index (χ3n) is 11.9. The Kier molecular flexibility index (Phi) is 7.54. The Bertz CT molecular complexity index is 3320. The molecule has 10 aromatic carbocycles. The van der Waals surface area contributed by atoms with Crippen LogP contribution in [-0.2, 0) is 0 Å². The van der Waals surface area contributed by atoms with Crippen molar-refractivity contribution < 1.29 is 4.42 Å². The van der Waals surface area contributed by atoms with Gasteiger partial charge in [-0.15, -0.1) is 0 Å². The van der Waals surface area contributed by atoms with Gasteiger partial charge in [-0.25, -0.2) is 0 Å². The van der Waals surface area contributed by atoms with Gasteiger partial charge in [0.15, 0.2) is 0 Å². The zero-order valence-electron chi connectivity index (χ0n) is 32.1. The molecule has 0 spiro atoms. The molecule has 0 radical (unpaired) electrons. The summed E-state index contributed by atoms with van der Waals surface area (Å²) in [6.45, 7) is 0. The molecule has 0 aliphatic carbocycles. The van der Waals surface area contributed by atoms with Crippen LogP contribution >= 0.6 is 0 Å². The zero-order chi connectivity index (χ0) is 38.9. The molecule has 3 heteroatoms. The molecule has 0 aliphatic rings. The molecule has 0 unspecified atom stereocenters. The fourth-order valence-corrected chi connectivity index (χ4v) is 9.12. The third kappa shape index (κ3) is 5.51. The van der Waals surface area contributed by atoms with Gasteiger partial charge in [0.1, 0.15) is 11.2 Å². The number of nitrogens with zero attached hydrogens (tertiary/aromatic N) is 2. The molecule has 0 saturated carbocycles. The van der Waals surface area contributed by atoms with Crippen LogP contribution in [0.15, 0.2) is 223 Å². The summed E-state index contributed by atoms with van der Waals surface area (Å²) in [6, 6.07) is 78.6. The van der Waals surface area contributed by atoms with Crippen molar-refractivity contribution in [2.75, 3.05) is 4.90 Å². The van der Waals surface area contributed by atoms with Crippen LogP contribution in [0.1, 0.15) is 0 Å². The maximum Gasteiger partial charge on any atom is 0.135 e. The zero-order valence-corrected chi connectivity index (χ0v) is 32.1. The smallest absolute Gasteiger partial charge is 0.135 e. The van der Waals surface area contributed by atoms with Gasteiger partial charge in [0.05, 0.1) is 11.0 Å². The Morgan fingerprint density at radius 3 is 1.37 bits per heavy atom. The molecule has 0 saturated heterocycles. The van der Waals surface area contributed by atoms with E-state index < -0.39 is 0 Å². The molecule has 0 atom stereocenters. The molecule has 2 aromatic heterocycles. The van der Waals surface area contributed by atoms with Crippen LogP contribution in [0.3, 0.4) is 0 Å². The molecule has 59 heavy (non-hydrogen) atoms. The average Bonchev–Trinajstić information content (AvgIpc) is 3.85. The highest BCUT2D eigenvalue weighted by Gasteiger charge is 2.19. The normalized spacial score (nSPS) is 11.7. The first-order valence-corrected chi connectivity index (χ1v) is 20.2. The Balaban J connectivity index is 0.969. The number of hydrogen-bond donors (Lipinski definition) is 0. The summed E-state index contributed by atoms with van der Waals surface area (Å²) >= 11 is 0. The van der Waals surface area contributed by atoms with E-state index in [1.165, 1.54) is 54.8 Å². The maximum atomic E-state index is 6.50. The summed E-state index contributed by atoms with van der Waals surface area (Å²) in [5, 5.41) is 7.35. The molecule has 0 aliphatic heterocycles. The van der Waals surface area contributed by atoms with Gasteiger partial charge in [0.25, 0.3) is 0 Å². The van der Waals surface area contributed by atoms with Crippen molar-refractivity contribution in [3.05, 3.63) is 218 Å². The van der Waals surface area contributed by atoms with Crippen LogP contribution in [0.25, 0.3) is 93.6 Å². The minimum Gasteiger partial charge on any atom is -0.456 e. The highest BCUT2D eigenvalue weighted by atomic mass is 16.3. The first-order chi connectivity index (χ1) is 29.2. The van der Waals surface area contributed by atoms with E-state index in [4.69, 9.17) is 4.42 Å². The molecule has 12 rings (SSSR count). The van der Waals surface area contributed by atoms with E-state index in [-0.39, 0.29) is 0 Å². The molecular weight excluding hydrogens is 717 g/mol. The summed E-state index contributed by atoms with van der Waals surface area (Å²) in [5.74, 6) is 0. The standard InChI is InChI=1S/C56H36N2O/c1-3-10-37(11-4-1)39-22-27-45(28-23-39)57(46-29-24-40(25-30-46)38-12-5-2-6-13-38)48-31-33-54-50(36-48)49-35-44(26-32-53(49)59-54)43-16-7-17-47(34-43)58-51-18-8-14-41-20-21-42-15-9-19-52(58)56(42)55(41)51/h1-36H. The Hall–Kier alpha value is -7.88. The number of benzene rings is 10. The lowest BCUT2D eigenvalue weighted by Gasteiger charge is -2.26. The fraction of sp³-hybridized carbons (Fsp3) is 0. The summed E-state index contributed by atoms with van der Waals surface area (Å²) in [7, 11) is 0. The number of fused-ring (bicyclic) bond motifs is 3.